The van der Waals surface area contributed by atoms with E-state index in [9.17, 15) is 10.1 Å². The molecule has 1 aliphatic carbocycles. The van der Waals surface area contributed by atoms with Crippen molar-refractivity contribution in [1.82, 2.24) is 5.32 Å². The summed E-state index contributed by atoms with van der Waals surface area (Å²) in [5, 5.41) is 12.1. The second kappa shape index (κ2) is 4.89. The molecule has 0 aliphatic heterocycles. The second-order valence-electron chi connectivity index (χ2n) is 4.60. The maximum atomic E-state index is 12.0. The van der Waals surface area contributed by atoms with Crippen molar-refractivity contribution in [2.24, 2.45) is 5.41 Å². The Bertz CT molecular complexity index is 452. The van der Waals surface area contributed by atoms with Crippen LogP contribution in [0, 0.1) is 23.7 Å². The topological polar surface area (TPSA) is 52.9 Å². The summed E-state index contributed by atoms with van der Waals surface area (Å²) in [4.78, 5) is 14.4. The first-order valence-electron chi connectivity index (χ1n) is 5.91. The van der Waals surface area contributed by atoms with Crippen LogP contribution in [0.4, 0.5) is 0 Å². The third kappa shape index (κ3) is 2.50. The summed E-state index contributed by atoms with van der Waals surface area (Å²) in [6.07, 6.45) is 3.38. The van der Waals surface area contributed by atoms with Crippen molar-refractivity contribution in [2.75, 3.05) is 0 Å². The summed E-state index contributed by atoms with van der Waals surface area (Å²) in [7, 11) is 0. The molecule has 0 spiro atoms. The molecule has 0 saturated heterocycles. The molecule has 4 heteroatoms. The lowest BCUT2D eigenvalue weighted by atomic mass is 9.87. The Morgan fingerprint density at radius 1 is 1.53 bits per heavy atom. The predicted octanol–water partition coefficient (Wildman–Crippen LogP) is 2.76. The number of nitriles is 1. The highest BCUT2D eigenvalue weighted by Gasteiger charge is 2.41. The minimum Gasteiger partial charge on any atom is -0.350 e. The Hall–Kier alpha value is -1.34. The van der Waals surface area contributed by atoms with Crippen LogP contribution in [0.15, 0.2) is 12.1 Å². The molecule has 1 aliphatic rings. The monoisotopic (exact) mass is 248 g/mol. The van der Waals surface area contributed by atoms with Crippen LogP contribution in [0.5, 0.6) is 0 Å². The van der Waals surface area contributed by atoms with Crippen LogP contribution in [0.3, 0.4) is 0 Å². The van der Waals surface area contributed by atoms with Crippen LogP contribution in [-0.2, 0) is 11.3 Å². The van der Waals surface area contributed by atoms with Gasteiger partial charge in [-0.2, -0.15) is 5.26 Å². The van der Waals surface area contributed by atoms with Crippen LogP contribution >= 0.6 is 11.3 Å². The number of thiophene rings is 1. The molecule has 1 amide bonds. The molecule has 0 unspecified atom stereocenters. The molecular weight excluding hydrogens is 232 g/mol. The highest BCUT2D eigenvalue weighted by Crippen LogP contribution is 2.37. The average Bonchev–Trinajstić information content (AvgIpc) is 2.95. The lowest BCUT2D eigenvalue weighted by Gasteiger charge is -2.18. The molecule has 1 aromatic heterocycles. The molecule has 0 aromatic carbocycles. The first-order valence-corrected chi connectivity index (χ1v) is 6.73. The van der Waals surface area contributed by atoms with E-state index in [2.05, 4.69) is 11.4 Å². The molecule has 2 rings (SSSR count). The van der Waals surface area contributed by atoms with Crippen molar-refractivity contribution in [3.63, 3.8) is 0 Å². The lowest BCUT2D eigenvalue weighted by Crippen LogP contribution is -2.37. The number of carbonyl (C=O) groups excluding carboxylic acids is 1. The molecule has 1 N–H and O–H groups in total. The Morgan fingerprint density at radius 2 is 2.24 bits per heavy atom. The summed E-state index contributed by atoms with van der Waals surface area (Å²) in [5.41, 5.74) is -0.758. The highest BCUT2D eigenvalue weighted by atomic mass is 32.1. The maximum absolute atomic E-state index is 12.0. The molecule has 0 radical (unpaired) electrons. The molecular formula is C13H16N2OS. The molecule has 1 fully saturated rings. The summed E-state index contributed by atoms with van der Waals surface area (Å²) in [6, 6.07) is 6.28. The summed E-state index contributed by atoms with van der Waals surface area (Å²) >= 11 is 1.68. The van der Waals surface area contributed by atoms with Crippen molar-refractivity contribution in [2.45, 2.75) is 39.2 Å². The molecule has 1 saturated carbocycles. The number of rotatable bonds is 3. The van der Waals surface area contributed by atoms with E-state index in [0.717, 1.165) is 17.7 Å². The first kappa shape index (κ1) is 12.1. The molecule has 1 heterocycles. The first-order chi connectivity index (χ1) is 8.16. The zero-order valence-electron chi connectivity index (χ0n) is 9.95. The molecule has 0 atom stereocenters. The van der Waals surface area contributed by atoms with E-state index in [1.807, 2.05) is 19.1 Å². The SMILES string of the molecule is Cc1ccc(CNC(=O)C2(C#N)CCCC2)s1. The number of nitrogens with one attached hydrogen (secondary N) is 1. The van der Waals surface area contributed by atoms with Crippen LogP contribution < -0.4 is 5.32 Å². The van der Waals surface area contributed by atoms with Gasteiger partial charge in [0.25, 0.3) is 0 Å². The van der Waals surface area contributed by atoms with Crippen molar-refractivity contribution < 1.29 is 4.79 Å². The largest absolute Gasteiger partial charge is 0.350 e. The van der Waals surface area contributed by atoms with Gasteiger partial charge in [-0.15, -0.1) is 11.3 Å². The van der Waals surface area contributed by atoms with Gasteiger partial charge in [-0.05, 0) is 31.9 Å². The molecule has 17 heavy (non-hydrogen) atoms. The van der Waals surface area contributed by atoms with Gasteiger partial charge >= 0.3 is 0 Å². The summed E-state index contributed by atoms with van der Waals surface area (Å²) in [6.45, 7) is 2.59. The van der Waals surface area contributed by atoms with Gasteiger partial charge in [0.15, 0.2) is 0 Å². The molecule has 3 nitrogen and oxygen atoms in total. The van der Waals surface area contributed by atoms with E-state index >= 15 is 0 Å². The number of hydrogen-bond donors (Lipinski definition) is 1. The fourth-order valence-corrected chi connectivity index (χ4v) is 3.11. The van der Waals surface area contributed by atoms with Gasteiger partial charge in [0, 0.05) is 9.75 Å². The van der Waals surface area contributed by atoms with E-state index in [-0.39, 0.29) is 5.91 Å². The summed E-state index contributed by atoms with van der Waals surface area (Å²) in [5.74, 6) is -0.0939. The van der Waals surface area contributed by atoms with Gasteiger partial charge in [-0.1, -0.05) is 12.8 Å². The smallest absolute Gasteiger partial charge is 0.240 e. The van der Waals surface area contributed by atoms with Gasteiger partial charge in [0.1, 0.15) is 5.41 Å². The normalized spacial score (nSPS) is 17.6. The van der Waals surface area contributed by atoms with Gasteiger partial charge in [0.05, 0.1) is 12.6 Å². The van der Waals surface area contributed by atoms with E-state index in [0.29, 0.717) is 19.4 Å². The van der Waals surface area contributed by atoms with Crippen LogP contribution in [0.25, 0.3) is 0 Å². The Morgan fingerprint density at radius 3 is 2.76 bits per heavy atom. The van der Waals surface area contributed by atoms with Crippen LogP contribution in [0.2, 0.25) is 0 Å². The van der Waals surface area contributed by atoms with Crippen LogP contribution in [-0.4, -0.2) is 5.91 Å². The average molecular weight is 248 g/mol. The number of nitrogens with zero attached hydrogens (tertiary/aromatic N) is 1. The minimum absolute atomic E-state index is 0.0939. The van der Waals surface area contributed by atoms with E-state index in [1.165, 1.54) is 4.88 Å². The third-order valence-electron chi connectivity index (χ3n) is 3.32. The van der Waals surface area contributed by atoms with Crippen molar-refractivity contribution in [1.29, 1.82) is 5.26 Å². The predicted molar refractivity (Wildman–Crippen MR) is 67.4 cm³/mol. The van der Waals surface area contributed by atoms with Gasteiger partial charge in [0.2, 0.25) is 5.91 Å². The quantitative estimate of drug-likeness (QED) is 0.894. The van der Waals surface area contributed by atoms with E-state index in [1.54, 1.807) is 11.3 Å². The molecule has 90 valence electrons. The third-order valence-corrected chi connectivity index (χ3v) is 4.33. The molecule has 1 aromatic rings. The van der Waals surface area contributed by atoms with Crippen molar-refractivity contribution in [3.05, 3.63) is 21.9 Å². The Balaban J connectivity index is 1.95. The fourth-order valence-electron chi connectivity index (χ4n) is 2.28. The Labute approximate surface area is 105 Å². The highest BCUT2D eigenvalue weighted by molar-refractivity contribution is 7.11. The number of aryl methyl sites for hydroxylation is 1. The molecule has 0 bridgehead atoms. The van der Waals surface area contributed by atoms with Crippen molar-refractivity contribution >= 4 is 17.2 Å². The van der Waals surface area contributed by atoms with Crippen LogP contribution in [0.1, 0.15) is 35.4 Å². The number of amides is 1. The lowest BCUT2D eigenvalue weighted by molar-refractivity contribution is -0.128. The fraction of sp³-hybridized carbons (Fsp3) is 0.538. The Kier molecular flexibility index (Phi) is 3.49. The van der Waals surface area contributed by atoms with Crippen molar-refractivity contribution in [3.8, 4) is 6.07 Å². The van der Waals surface area contributed by atoms with E-state index in [4.69, 9.17) is 0 Å². The maximum Gasteiger partial charge on any atom is 0.240 e. The number of carbonyl (C=O) groups is 1. The number of hydrogen-bond acceptors (Lipinski definition) is 3. The minimum atomic E-state index is -0.758. The standard InChI is InChI=1S/C13H16N2OS/c1-10-4-5-11(17-10)8-15-12(16)13(9-14)6-2-3-7-13/h4-5H,2-3,6-8H2,1H3,(H,15,16). The zero-order valence-corrected chi connectivity index (χ0v) is 10.8. The summed E-state index contributed by atoms with van der Waals surface area (Å²) < 4.78 is 0. The van der Waals surface area contributed by atoms with Gasteiger partial charge < -0.3 is 5.32 Å². The van der Waals surface area contributed by atoms with Gasteiger partial charge in [-0.3, -0.25) is 4.79 Å². The second-order valence-corrected chi connectivity index (χ2v) is 5.97. The van der Waals surface area contributed by atoms with Gasteiger partial charge in [-0.25, -0.2) is 0 Å². The zero-order chi connectivity index (χ0) is 12.3. The van der Waals surface area contributed by atoms with E-state index < -0.39 is 5.41 Å².